The monoisotopic (exact) mass is 638 g/mol. The molecule has 0 saturated carbocycles. The van der Waals surface area contributed by atoms with E-state index in [0.29, 0.717) is 16.8 Å². The number of hydrogen-bond donors (Lipinski definition) is 4. The maximum absolute atomic E-state index is 12.7. The average molecular weight is 639 g/mol. The van der Waals surface area contributed by atoms with Crippen LogP contribution in [0.15, 0.2) is 85.3 Å². The molecule has 0 aliphatic heterocycles. The van der Waals surface area contributed by atoms with Gasteiger partial charge in [0.05, 0.1) is 26.0 Å². The van der Waals surface area contributed by atoms with Crippen LogP contribution in [-0.4, -0.2) is 65.4 Å². The number of esters is 1. The van der Waals surface area contributed by atoms with Gasteiger partial charge in [-0.3, -0.25) is 9.59 Å². The number of aliphatic hydroxyl groups is 2. The molecule has 0 aliphatic rings. The van der Waals surface area contributed by atoms with E-state index in [2.05, 4.69) is 77.2 Å². The maximum Gasteiger partial charge on any atom is 0.330 e. The molecule has 2 amide bonds. The van der Waals surface area contributed by atoms with Gasteiger partial charge in [-0.1, -0.05) is 79.8 Å². The first kappa shape index (κ1) is 39.7. The van der Waals surface area contributed by atoms with Crippen LogP contribution < -0.4 is 15.4 Å². The summed E-state index contributed by atoms with van der Waals surface area (Å²) in [6.07, 6.45) is 33.5. The van der Waals surface area contributed by atoms with Crippen LogP contribution in [0.2, 0.25) is 0 Å². The van der Waals surface area contributed by atoms with Crippen LogP contribution in [-0.2, 0) is 14.3 Å². The van der Waals surface area contributed by atoms with Gasteiger partial charge < -0.3 is 30.8 Å². The van der Waals surface area contributed by atoms with E-state index in [-0.39, 0.29) is 25.3 Å². The molecule has 11 nitrogen and oxygen atoms in total. The number of hydrogen-bond acceptors (Lipinski definition) is 8. The number of aromatic nitrogens is 2. The third kappa shape index (κ3) is 19.1. The molecule has 11 heteroatoms. The molecule has 1 rings (SSSR count). The van der Waals surface area contributed by atoms with Crippen molar-refractivity contribution in [1.29, 1.82) is 0 Å². The fourth-order valence-corrected chi connectivity index (χ4v) is 3.65. The van der Waals surface area contributed by atoms with Crippen molar-refractivity contribution < 1.29 is 34.1 Å². The van der Waals surface area contributed by atoms with Gasteiger partial charge in [-0.05, 0) is 44.9 Å². The molecule has 46 heavy (non-hydrogen) atoms. The Labute approximate surface area is 272 Å². The fourth-order valence-electron chi connectivity index (χ4n) is 3.65. The molecule has 0 aliphatic carbocycles. The first-order valence-corrected chi connectivity index (χ1v) is 15.7. The normalized spacial score (nSPS) is 12.9. The Bertz CT molecular complexity index is 1220. The van der Waals surface area contributed by atoms with E-state index < -0.39 is 43.0 Å². The van der Waals surface area contributed by atoms with Crippen LogP contribution in [0, 0.1) is 18.0 Å². The van der Waals surface area contributed by atoms with Gasteiger partial charge >= 0.3 is 5.97 Å². The second-order valence-electron chi connectivity index (χ2n) is 10.4. The molecule has 1 atom stereocenters. The van der Waals surface area contributed by atoms with Crippen molar-refractivity contribution in [1.82, 2.24) is 15.6 Å². The molecule has 1 aromatic rings. The number of allylic oxidation sites excluding steroid dienone is 12. The Morgan fingerprint density at radius 3 is 1.91 bits per heavy atom. The van der Waals surface area contributed by atoms with E-state index in [1.165, 1.54) is 13.1 Å². The fraction of sp³-hybridized carbons (Fsp3) is 0.457. The highest BCUT2D eigenvalue weighted by Crippen LogP contribution is 2.02. The highest BCUT2D eigenvalue weighted by Gasteiger charge is 2.25. The number of carbonyl (C=O) groups excluding carboxylic acids is 3. The van der Waals surface area contributed by atoms with Crippen molar-refractivity contribution in [2.75, 3.05) is 26.4 Å². The lowest BCUT2D eigenvalue weighted by Crippen LogP contribution is -2.49. The summed E-state index contributed by atoms with van der Waals surface area (Å²) in [6, 6.07) is -1.23. The summed E-state index contributed by atoms with van der Waals surface area (Å²) in [4.78, 5) is 41.6. The number of nitrogens with zero attached hydrogens (tertiary/aromatic N) is 2. The number of carbonyl (C=O) groups is 3. The number of nitrogens with one attached hydrogen (secondary N) is 2. The summed E-state index contributed by atoms with van der Waals surface area (Å²) in [7, 11) is 0. The smallest absolute Gasteiger partial charge is 0.330 e. The molecule has 0 aromatic carbocycles. The van der Waals surface area contributed by atoms with E-state index in [9.17, 15) is 29.8 Å². The molecule has 1 heterocycles. The maximum atomic E-state index is 12.7. The van der Waals surface area contributed by atoms with E-state index in [0.717, 1.165) is 44.7 Å². The zero-order valence-electron chi connectivity index (χ0n) is 27.1. The summed E-state index contributed by atoms with van der Waals surface area (Å²) in [5.74, 6) is -2.65. The second kappa shape index (κ2) is 25.9. The third-order valence-corrected chi connectivity index (χ3v) is 6.41. The quantitative estimate of drug-likeness (QED) is 0.0607. The Morgan fingerprint density at radius 1 is 0.891 bits per heavy atom. The van der Waals surface area contributed by atoms with Crippen molar-refractivity contribution in [2.45, 2.75) is 71.3 Å². The third-order valence-electron chi connectivity index (χ3n) is 6.41. The first-order chi connectivity index (χ1) is 22.3. The Balaban J connectivity index is 2.43. The molecular weight excluding hydrogens is 588 g/mol. The zero-order chi connectivity index (χ0) is 33.8. The highest BCUT2D eigenvalue weighted by molar-refractivity contribution is 5.92. The lowest BCUT2D eigenvalue weighted by Gasteiger charge is -2.19. The van der Waals surface area contributed by atoms with Crippen molar-refractivity contribution in [3.63, 3.8) is 0 Å². The summed E-state index contributed by atoms with van der Waals surface area (Å²) in [5.41, 5.74) is 0.150. The van der Waals surface area contributed by atoms with Gasteiger partial charge in [0.15, 0.2) is 5.69 Å². The van der Waals surface area contributed by atoms with E-state index >= 15 is 0 Å². The zero-order valence-corrected chi connectivity index (χ0v) is 27.1. The van der Waals surface area contributed by atoms with Gasteiger partial charge in [-0.25, -0.2) is 9.78 Å². The minimum atomic E-state index is -1.23. The Morgan fingerprint density at radius 2 is 1.41 bits per heavy atom. The first-order valence-electron chi connectivity index (χ1n) is 15.7. The average Bonchev–Trinajstić information content (AvgIpc) is 3.05. The van der Waals surface area contributed by atoms with Gasteiger partial charge in [-0.2, -0.15) is 4.73 Å². The largest absolute Gasteiger partial charge is 0.618 e. The standard InChI is InChI=1S/C35H50N4O7/c1-3-4-5-6-7-8-9-10-11-12-13-14-15-16-17-18-19-20-21-22-33(42)38-31(35(44)46-28-30(26-40)27-41)24-37-34(43)32-25-39(45)29(2)23-36-32/h4-5,7-8,10-11,13-14,16-17,19-20,23,25,30-31,40-41H,3,6,9,12,15,18,21-22,24,26-28H2,1-2H3,(H,37,43)(H,38,42). The van der Waals surface area contributed by atoms with Gasteiger partial charge in [0.25, 0.3) is 5.91 Å². The molecule has 1 aromatic heterocycles. The minimum absolute atomic E-state index is 0.103. The van der Waals surface area contributed by atoms with Crippen molar-refractivity contribution in [3.05, 3.63) is 102 Å². The van der Waals surface area contributed by atoms with Gasteiger partial charge in [-0.15, -0.1) is 0 Å². The summed E-state index contributed by atoms with van der Waals surface area (Å²) in [6.45, 7) is 2.30. The van der Waals surface area contributed by atoms with E-state index in [4.69, 9.17) is 4.74 Å². The number of rotatable bonds is 23. The number of amides is 2. The predicted octanol–water partition coefficient (Wildman–Crippen LogP) is 3.86. The molecule has 0 bridgehead atoms. The molecule has 4 N–H and O–H groups in total. The van der Waals surface area contributed by atoms with E-state index in [1.54, 1.807) is 0 Å². The lowest BCUT2D eigenvalue weighted by atomic mass is 10.2. The van der Waals surface area contributed by atoms with Crippen molar-refractivity contribution in [2.24, 2.45) is 5.92 Å². The number of aryl methyl sites for hydroxylation is 1. The predicted molar refractivity (Wildman–Crippen MR) is 178 cm³/mol. The summed E-state index contributed by atoms with van der Waals surface area (Å²) < 4.78 is 5.63. The van der Waals surface area contributed by atoms with Crippen LogP contribution in [0.3, 0.4) is 0 Å². The molecule has 0 radical (unpaired) electrons. The van der Waals surface area contributed by atoms with Crippen LogP contribution in [0.4, 0.5) is 0 Å². The Hall–Kier alpha value is -4.35. The Kier molecular flexibility index (Phi) is 22.4. The van der Waals surface area contributed by atoms with Crippen LogP contribution in [0.5, 0.6) is 0 Å². The second-order valence-corrected chi connectivity index (χ2v) is 10.4. The molecule has 0 fully saturated rings. The molecular formula is C35H50N4O7. The molecule has 0 saturated heterocycles. The SMILES string of the molecule is CCC=CCC=CCC=CCC=CCC=CCC=CCCC(=O)NC(CNC(=O)c1c[n+]([O-])c(C)cn1)C(=O)OCC(CO)CO. The van der Waals surface area contributed by atoms with Crippen LogP contribution in [0.1, 0.15) is 74.5 Å². The minimum Gasteiger partial charge on any atom is -0.618 e. The molecule has 0 spiro atoms. The summed E-state index contributed by atoms with van der Waals surface area (Å²) in [5, 5.41) is 35.2. The number of ether oxygens (including phenoxy) is 1. The van der Waals surface area contributed by atoms with Gasteiger partial charge in [0.2, 0.25) is 17.8 Å². The lowest BCUT2D eigenvalue weighted by molar-refractivity contribution is -0.613. The van der Waals surface area contributed by atoms with Crippen LogP contribution in [0.25, 0.3) is 0 Å². The van der Waals surface area contributed by atoms with Crippen LogP contribution >= 0.6 is 0 Å². The van der Waals surface area contributed by atoms with Gasteiger partial charge in [0, 0.05) is 25.8 Å². The van der Waals surface area contributed by atoms with Crippen molar-refractivity contribution in [3.8, 4) is 0 Å². The van der Waals surface area contributed by atoms with E-state index in [1.807, 2.05) is 18.2 Å². The topological polar surface area (TPSA) is 165 Å². The van der Waals surface area contributed by atoms with Gasteiger partial charge in [0.1, 0.15) is 6.04 Å². The molecule has 1 unspecified atom stereocenters. The highest BCUT2D eigenvalue weighted by atomic mass is 16.5. The molecule has 252 valence electrons. The summed E-state index contributed by atoms with van der Waals surface area (Å²) >= 11 is 0. The van der Waals surface area contributed by atoms with Crippen molar-refractivity contribution >= 4 is 17.8 Å². The number of aliphatic hydroxyl groups excluding tert-OH is 2.